The first-order valence-electron chi connectivity index (χ1n) is 7.13. The first-order chi connectivity index (χ1) is 9.36. The summed E-state index contributed by atoms with van der Waals surface area (Å²) in [5, 5.41) is 4.57. The van der Waals surface area contributed by atoms with E-state index in [0.29, 0.717) is 6.54 Å². The minimum atomic E-state index is 0.492. The molecule has 2 N–H and O–H groups in total. The summed E-state index contributed by atoms with van der Waals surface area (Å²) < 4.78 is 1.87. The molecule has 3 heterocycles. The zero-order chi connectivity index (χ0) is 13.1. The van der Waals surface area contributed by atoms with Crippen molar-refractivity contribution in [2.24, 2.45) is 5.73 Å². The van der Waals surface area contributed by atoms with Crippen LogP contribution >= 0.6 is 0 Å². The maximum absolute atomic E-state index is 5.72. The maximum Gasteiger partial charge on any atom is 0.155 e. The first-order valence-corrected chi connectivity index (χ1v) is 7.13. The molecule has 3 rings (SSSR count). The van der Waals surface area contributed by atoms with Crippen LogP contribution in [0.25, 0.3) is 5.65 Å². The number of nitrogens with two attached hydrogens (primary N) is 1. The van der Waals surface area contributed by atoms with Gasteiger partial charge < -0.3 is 10.6 Å². The lowest BCUT2D eigenvalue weighted by atomic mass is 10.1. The molecule has 1 aliphatic heterocycles. The highest BCUT2D eigenvalue weighted by Gasteiger charge is 2.12. The number of pyridine rings is 1. The summed E-state index contributed by atoms with van der Waals surface area (Å²) >= 11 is 0. The van der Waals surface area contributed by atoms with E-state index in [1.165, 1.54) is 32.4 Å². The lowest BCUT2D eigenvalue weighted by molar-refractivity contribution is 0.230. The van der Waals surface area contributed by atoms with Crippen molar-refractivity contribution in [3.63, 3.8) is 0 Å². The third-order valence-corrected chi connectivity index (χ3v) is 3.79. The second kappa shape index (κ2) is 5.67. The summed E-state index contributed by atoms with van der Waals surface area (Å²) in [5.74, 6) is 0.923. The van der Waals surface area contributed by atoms with Gasteiger partial charge in [-0.1, -0.05) is 12.5 Å². The van der Waals surface area contributed by atoms with Crippen LogP contribution in [-0.4, -0.2) is 39.1 Å². The van der Waals surface area contributed by atoms with Crippen molar-refractivity contribution in [1.29, 1.82) is 0 Å². The molecule has 1 saturated heterocycles. The second-order valence-corrected chi connectivity index (χ2v) is 5.17. The fourth-order valence-corrected chi connectivity index (χ4v) is 2.71. The molecule has 0 aliphatic carbocycles. The highest BCUT2D eigenvalue weighted by atomic mass is 15.3. The van der Waals surface area contributed by atoms with Crippen molar-refractivity contribution in [1.82, 2.24) is 19.5 Å². The van der Waals surface area contributed by atoms with Gasteiger partial charge in [0.2, 0.25) is 0 Å². The molecule has 1 fully saturated rings. The first kappa shape index (κ1) is 12.6. The summed E-state index contributed by atoms with van der Waals surface area (Å²) in [4.78, 5) is 7.09. The Hall–Kier alpha value is -1.46. The summed E-state index contributed by atoms with van der Waals surface area (Å²) in [6.45, 7) is 4.00. The van der Waals surface area contributed by atoms with Crippen molar-refractivity contribution in [3.8, 4) is 0 Å². The van der Waals surface area contributed by atoms with Crippen LogP contribution in [0.5, 0.6) is 0 Å². The number of rotatable bonds is 4. The van der Waals surface area contributed by atoms with Gasteiger partial charge in [-0.3, -0.25) is 0 Å². The van der Waals surface area contributed by atoms with Gasteiger partial charge in [-0.05, 0) is 38.1 Å². The number of fused-ring (bicyclic) bond motifs is 1. The van der Waals surface area contributed by atoms with E-state index >= 15 is 0 Å². The van der Waals surface area contributed by atoms with Crippen molar-refractivity contribution in [2.45, 2.75) is 32.2 Å². The van der Waals surface area contributed by atoms with Crippen LogP contribution < -0.4 is 5.73 Å². The zero-order valence-corrected chi connectivity index (χ0v) is 11.3. The lowest BCUT2D eigenvalue weighted by Crippen LogP contribution is -2.31. The van der Waals surface area contributed by atoms with Gasteiger partial charge in [0.25, 0.3) is 0 Å². The minimum absolute atomic E-state index is 0.492. The molecule has 1 aliphatic rings. The number of piperidine rings is 1. The molecule has 0 bridgehead atoms. The van der Waals surface area contributed by atoms with Crippen molar-refractivity contribution in [2.75, 3.05) is 19.6 Å². The SMILES string of the molecule is NCc1cccc2nc(CCN3CCCCC3)nn12. The zero-order valence-electron chi connectivity index (χ0n) is 11.3. The Morgan fingerprint density at radius 3 is 2.79 bits per heavy atom. The molecule has 0 unspecified atom stereocenters. The highest BCUT2D eigenvalue weighted by Crippen LogP contribution is 2.10. The van der Waals surface area contributed by atoms with Crippen molar-refractivity contribution in [3.05, 3.63) is 29.7 Å². The standard InChI is InChI=1S/C14H21N5/c15-11-12-5-4-6-14-16-13(17-19(12)14)7-10-18-8-2-1-3-9-18/h4-6H,1-3,7-11,15H2. The van der Waals surface area contributed by atoms with E-state index in [-0.39, 0.29) is 0 Å². The normalized spacial score (nSPS) is 17.1. The summed E-state index contributed by atoms with van der Waals surface area (Å²) in [5.41, 5.74) is 7.63. The number of hydrogen-bond donors (Lipinski definition) is 1. The Balaban J connectivity index is 1.70. The summed E-state index contributed by atoms with van der Waals surface area (Å²) in [6.07, 6.45) is 4.96. The predicted octanol–water partition coefficient (Wildman–Crippen LogP) is 1.22. The molecule has 0 aromatic carbocycles. The van der Waals surface area contributed by atoms with Crippen molar-refractivity contribution < 1.29 is 0 Å². The van der Waals surface area contributed by atoms with Gasteiger partial charge in [0, 0.05) is 19.5 Å². The molecule has 0 saturated carbocycles. The van der Waals surface area contributed by atoms with Crippen LogP contribution in [0.3, 0.4) is 0 Å². The number of aromatic nitrogens is 3. The smallest absolute Gasteiger partial charge is 0.155 e. The van der Waals surface area contributed by atoms with Crippen LogP contribution in [0.15, 0.2) is 18.2 Å². The molecule has 2 aromatic heterocycles. The van der Waals surface area contributed by atoms with Crippen LogP contribution in [0, 0.1) is 0 Å². The fraction of sp³-hybridized carbons (Fsp3) is 0.571. The van der Waals surface area contributed by atoms with Gasteiger partial charge in [0.15, 0.2) is 11.5 Å². The Morgan fingerprint density at radius 1 is 1.16 bits per heavy atom. The predicted molar refractivity (Wildman–Crippen MR) is 74.9 cm³/mol. The van der Waals surface area contributed by atoms with Crippen molar-refractivity contribution >= 4 is 5.65 Å². The summed E-state index contributed by atoms with van der Waals surface area (Å²) in [7, 11) is 0. The lowest BCUT2D eigenvalue weighted by Gasteiger charge is -2.25. The topological polar surface area (TPSA) is 59.5 Å². The van der Waals surface area contributed by atoms with Gasteiger partial charge in [0.05, 0.1) is 5.69 Å². The van der Waals surface area contributed by atoms with E-state index < -0.39 is 0 Å². The van der Waals surface area contributed by atoms with E-state index in [2.05, 4.69) is 15.0 Å². The average molecular weight is 259 g/mol. The Labute approximate surface area is 113 Å². The molecule has 0 atom stereocenters. The van der Waals surface area contributed by atoms with Gasteiger partial charge in [-0.25, -0.2) is 9.50 Å². The second-order valence-electron chi connectivity index (χ2n) is 5.17. The molecule has 0 radical (unpaired) electrons. The molecule has 0 amide bonds. The third kappa shape index (κ3) is 2.77. The van der Waals surface area contributed by atoms with E-state index in [4.69, 9.17) is 5.73 Å². The van der Waals surface area contributed by atoms with E-state index in [1.54, 1.807) is 0 Å². The molecule has 5 heteroatoms. The molecule has 102 valence electrons. The third-order valence-electron chi connectivity index (χ3n) is 3.79. The summed E-state index contributed by atoms with van der Waals surface area (Å²) in [6, 6.07) is 5.97. The Morgan fingerprint density at radius 2 is 2.00 bits per heavy atom. The van der Waals surface area contributed by atoms with E-state index in [0.717, 1.165) is 30.1 Å². The van der Waals surface area contributed by atoms with Gasteiger partial charge in [0.1, 0.15) is 0 Å². The molecular weight excluding hydrogens is 238 g/mol. The van der Waals surface area contributed by atoms with Crippen LogP contribution in [0.2, 0.25) is 0 Å². The molecule has 5 nitrogen and oxygen atoms in total. The Kier molecular flexibility index (Phi) is 3.75. The number of likely N-dealkylation sites (tertiary alicyclic amines) is 1. The quantitative estimate of drug-likeness (QED) is 0.897. The minimum Gasteiger partial charge on any atom is -0.325 e. The Bertz CT molecular complexity index is 542. The maximum atomic E-state index is 5.72. The molecule has 0 spiro atoms. The molecule has 2 aromatic rings. The molecular formula is C14H21N5. The highest BCUT2D eigenvalue weighted by molar-refractivity contribution is 5.38. The van der Waals surface area contributed by atoms with Gasteiger partial charge in [-0.15, -0.1) is 0 Å². The number of nitrogens with zero attached hydrogens (tertiary/aromatic N) is 4. The number of hydrogen-bond acceptors (Lipinski definition) is 4. The monoisotopic (exact) mass is 259 g/mol. The van der Waals surface area contributed by atoms with Crippen LogP contribution in [-0.2, 0) is 13.0 Å². The van der Waals surface area contributed by atoms with Gasteiger partial charge in [-0.2, -0.15) is 5.10 Å². The van der Waals surface area contributed by atoms with Crippen LogP contribution in [0.4, 0.5) is 0 Å². The molecule has 19 heavy (non-hydrogen) atoms. The van der Waals surface area contributed by atoms with Crippen LogP contribution in [0.1, 0.15) is 30.8 Å². The van der Waals surface area contributed by atoms with Gasteiger partial charge >= 0.3 is 0 Å². The largest absolute Gasteiger partial charge is 0.325 e. The van der Waals surface area contributed by atoms with E-state index in [1.807, 2.05) is 22.7 Å². The van der Waals surface area contributed by atoms with E-state index in [9.17, 15) is 0 Å². The fourth-order valence-electron chi connectivity index (χ4n) is 2.71. The average Bonchev–Trinajstić information content (AvgIpc) is 2.89.